The summed E-state index contributed by atoms with van der Waals surface area (Å²) in [6.45, 7) is 1.84. The van der Waals surface area contributed by atoms with Crippen LogP contribution in [0.25, 0.3) is 0 Å². The molecule has 0 bridgehead atoms. The van der Waals surface area contributed by atoms with Crippen LogP contribution in [-0.2, 0) is 0 Å². The Labute approximate surface area is 174 Å². The van der Waals surface area contributed by atoms with Gasteiger partial charge in [-0.1, -0.05) is 12.1 Å². The van der Waals surface area contributed by atoms with Gasteiger partial charge < -0.3 is 20.1 Å². The van der Waals surface area contributed by atoms with Crippen LogP contribution in [0.15, 0.2) is 60.9 Å². The number of pyridine rings is 2. The molecular formula is C22H22N4O4. The number of carbonyl (C=O) groups is 2. The second kappa shape index (κ2) is 9.51. The van der Waals surface area contributed by atoms with E-state index in [-0.39, 0.29) is 29.2 Å². The molecule has 0 fully saturated rings. The molecule has 3 aromatic rings. The Morgan fingerprint density at radius 2 is 1.47 bits per heavy atom. The number of nitrogens with zero attached hydrogens (tertiary/aromatic N) is 2. The molecule has 1 aromatic carbocycles. The van der Waals surface area contributed by atoms with Crippen molar-refractivity contribution in [2.75, 3.05) is 19.5 Å². The first-order valence-electron chi connectivity index (χ1n) is 9.23. The fourth-order valence-corrected chi connectivity index (χ4v) is 2.88. The summed E-state index contributed by atoms with van der Waals surface area (Å²) in [4.78, 5) is 33.3. The fraction of sp³-hybridized carbons (Fsp3) is 0.182. The molecule has 0 saturated carbocycles. The molecular weight excluding hydrogens is 384 g/mol. The lowest BCUT2D eigenvalue weighted by Gasteiger charge is -2.16. The molecule has 2 N–H and O–H groups in total. The third kappa shape index (κ3) is 4.72. The molecule has 0 aliphatic carbocycles. The number of ether oxygens (including phenoxy) is 2. The van der Waals surface area contributed by atoms with Crippen molar-refractivity contribution in [2.45, 2.75) is 13.0 Å². The molecule has 30 heavy (non-hydrogen) atoms. The average Bonchev–Trinajstić information content (AvgIpc) is 2.79. The molecule has 8 nitrogen and oxygen atoms in total. The van der Waals surface area contributed by atoms with Crippen LogP contribution in [0.5, 0.6) is 11.5 Å². The molecule has 3 rings (SSSR count). The Morgan fingerprint density at radius 1 is 0.867 bits per heavy atom. The van der Waals surface area contributed by atoms with Gasteiger partial charge in [-0.3, -0.25) is 9.59 Å². The van der Waals surface area contributed by atoms with Crippen molar-refractivity contribution >= 4 is 17.5 Å². The number of anilines is 1. The lowest BCUT2D eigenvalue weighted by Crippen LogP contribution is -2.28. The number of carbonyl (C=O) groups excluding carboxylic acids is 2. The molecule has 1 unspecified atom stereocenters. The van der Waals surface area contributed by atoms with Gasteiger partial charge in [0.25, 0.3) is 11.8 Å². The number of benzene rings is 1. The zero-order valence-electron chi connectivity index (χ0n) is 16.9. The topological polar surface area (TPSA) is 102 Å². The third-order valence-corrected chi connectivity index (χ3v) is 4.40. The molecule has 154 valence electrons. The standard InChI is InChI=1S/C22H22N4O4/c1-14(25-21(27)19-17(29-2)9-5-11-23-19)15-7-4-8-16(13-15)26-22(28)20-18(30-3)10-6-12-24-20/h4-14H,1-3H3,(H,25,27)(H,26,28). The van der Waals surface area contributed by atoms with Crippen LogP contribution in [0.2, 0.25) is 0 Å². The van der Waals surface area contributed by atoms with Gasteiger partial charge in [0.15, 0.2) is 11.4 Å². The van der Waals surface area contributed by atoms with Gasteiger partial charge in [-0.25, -0.2) is 9.97 Å². The molecule has 8 heteroatoms. The van der Waals surface area contributed by atoms with Crippen LogP contribution in [0.4, 0.5) is 5.69 Å². The summed E-state index contributed by atoms with van der Waals surface area (Å²) in [5.74, 6) is 0.0377. The van der Waals surface area contributed by atoms with Crippen molar-refractivity contribution in [3.8, 4) is 11.5 Å². The summed E-state index contributed by atoms with van der Waals surface area (Å²) in [7, 11) is 2.97. The summed E-state index contributed by atoms with van der Waals surface area (Å²) in [5, 5.41) is 5.70. The van der Waals surface area contributed by atoms with Crippen molar-refractivity contribution in [3.63, 3.8) is 0 Å². The minimum atomic E-state index is -0.389. The van der Waals surface area contributed by atoms with E-state index >= 15 is 0 Å². The van der Waals surface area contributed by atoms with E-state index in [2.05, 4.69) is 20.6 Å². The maximum atomic E-state index is 12.6. The SMILES string of the molecule is COc1cccnc1C(=O)Nc1cccc(C(C)NC(=O)c2ncccc2OC)c1. The van der Waals surface area contributed by atoms with Gasteiger partial charge in [0, 0.05) is 18.1 Å². The first-order chi connectivity index (χ1) is 14.5. The van der Waals surface area contributed by atoms with E-state index in [0.29, 0.717) is 17.2 Å². The Hall–Kier alpha value is -3.94. The van der Waals surface area contributed by atoms with E-state index in [1.807, 2.05) is 13.0 Å². The lowest BCUT2D eigenvalue weighted by molar-refractivity contribution is 0.0930. The van der Waals surface area contributed by atoms with Crippen LogP contribution in [0, 0.1) is 0 Å². The van der Waals surface area contributed by atoms with Crippen molar-refractivity contribution < 1.29 is 19.1 Å². The molecule has 0 aliphatic rings. The van der Waals surface area contributed by atoms with Crippen LogP contribution < -0.4 is 20.1 Å². The maximum Gasteiger partial charge on any atom is 0.278 e. The molecule has 2 aromatic heterocycles. The second-order valence-electron chi connectivity index (χ2n) is 6.38. The summed E-state index contributed by atoms with van der Waals surface area (Å²) >= 11 is 0. The first-order valence-corrected chi connectivity index (χ1v) is 9.23. The van der Waals surface area contributed by atoms with E-state index in [0.717, 1.165) is 5.56 Å². The predicted octanol–water partition coefficient (Wildman–Crippen LogP) is 3.24. The van der Waals surface area contributed by atoms with Crippen LogP contribution in [0.3, 0.4) is 0 Å². The normalized spacial score (nSPS) is 11.3. The Morgan fingerprint density at radius 3 is 2.07 bits per heavy atom. The highest BCUT2D eigenvalue weighted by Crippen LogP contribution is 2.21. The van der Waals surface area contributed by atoms with E-state index < -0.39 is 0 Å². The van der Waals surface area contributed by atoms with E-state index in [4.69, 9.17) is 9.47 Å². The van der Waals surface area contributed by atoms with Crippen molar-refractivity contribution in [2.24, 2.45) is 0 Å². The van der Waals surface area contributed by atoms with Crippen LogP contribution in [0.1, 0.15) is 39.5 Å². The van der Waals surface area contributed by atoms with Crippen LogP contribution in [-0.4, -0.2) is 36.0 Å². The Bertz CT molecular complexity index is 1050. The van der Waals surface area contributed by atoms with E-state index in [9.17, 15) is 9.59 Å². The molecule has 0 spiro atoms. The van der Waals surface area contributed by atoms with Crippen molar-refractivity contribution in [1.82, 2.24) is 15.3 Å². The van der Waals surface area contributed by atoms with Crippen molar-refractivity contribution in [3.05, 3.63) is 77.9 Å². The maximum absolute atomic E-state index is 12.6. The minimum absolute atomic E-state index is 0.189. The number of hydrogen-bond acceptors (Lipinski definition) is 6. The molecule has 0 saturated heterocycles. The Kier molecular flexibility index (Phi) is 6.59. The summed E-state index contributed by atoms with van der Waals surface area (Å²) < 4.78 is 10.4. The summed E-state index contributed by atoms with van der Waals surface area (Å²) in [6.07, 6.45) is 3.06. The van der Waals surface area contributed by atoms with Crippen molar-refractivity contribution in [1.29, 1.82) is 0 Å². The number of hydrogen-bond donors (Lipinski definition) is 2. The van der Waals surface area contributed by atoms with E-state index in [1.165, 1.54) is 26.6 Å². The first kappa shape index (κ1) is 20.8. The highest BCUT2D eigenvalue weighted by molar-refractivity contribution is 6.04. The fourth-order valence-electron chi connectivity index (χ4n) is 2.88. The quantitative estimate of drug-likeness (QED) is 0.625. The number of rotatable bonds is 7. The van der Waals surface area contributed by atoms with Gasteiger partial charge in [0.05, 0.1) is 20.3 Å². The zero-order valence-corrected chi connectivity index (χ0v) is 16.9. The lowest BCUT2D eigenvalue weighted by atomic mass is 10.1. The molecule has 0 radical (unpaired) electrons. The summed E-state index contributed by atoms with van der Waals surface area (Å²) in [5.41, 5.74) is 1.78. The smallest absolute Gasteiger partial charge is 0.278 e. The minimum Gasteiger partial charge on any atom is -0.494 e. The molecule has 2 heterocycles. The highest BCUT2D eigenvalue weighted by Gasteiger charge is 2.18. The number of nitrogens with one attached hydrogen (secondary N) is 2. The molecule has 2 amide bonds. The van der Waals surface area contributed by atoms with Crippen LogP contribution >= 0.6 is 0 Å². The van der Waals surface area contributed by atoms with Gasteiger partial charge in [0.2, 0.25) is 0 Å². The molecule has 0 aliphatic heterocycles. The van der Waals surface area contributed by atoms with Gasteiger partial charge >= 0.3 is 0 Å². The largest absolute Gasteiger partial charge is 0.494 e. The molecule has 1 atom stereocenters. The number of methoxy groups -OCH3 is 2. The van der Waals surface area contributed by atoms with Gasteiger partial charge in [-0.15, -0.1) is 0 Å². The number of amides is 2. The number of aromatic nitrogens is 2. The average molecular weight is 406 g/mol. The van der Waals surface area contributed by atoms with Gasteiger partial charge in [0.1, 0.15) is 11.5 Å². The summed E-state index contributed by atoms with van der Waals surface area (Å²) in [6, 6.07) is 13.6. The van der Waals surface area contributed by atoms with E-state index in [1.54, 1.807) is 42.5 Å². The second-order valence-corrected chi connectivity index (χ2v) is 6.38. The zero-order chi connectivity index (χ0) is 21.5. The predicted molar refractivity (Wildman–Crippen MR) is 112 cm³/mol. The van der Waals surface area contributed by atoms with Gasteiger partial charge in [-0.2, -0.15) is 0 Å². The monoisotopic (exact) mass is 406 g/mol. The third-order valence-electron chi connectivity index (χ3n) is 4.40. The Balaban J connectivity index is 1.73. The highest BCUT2D eigenvalue weighted by atomic mass is 16.5. The van der Waals surface area contributed by atoms with Gasteiger partial charge in [-0.05, 0) is 48.9 Å².